The van der Waals surface area contributed by atoms with Gasteiger partial charge in [0, 0.05) is 11.8 Å². The maximum absolute atomic E-state index is 12.4. The van der Waals surface area contributed by atoms with Crippen LogP contribution in [-0.2, 0) is 4.74 Å². The largest absolute Gasteiger partial charge is 0.481 e. The molecule has 0 radical (unpaired) electrons. The molecule has 1 aromatic carbocycles. The zero-order valence-corrected chi connectivity index (χ0v) is 15.0. The van der Waals surface area contributed by atoms with Gasteiger partial charge >= 0.3 is 12.0 Å². The van der Waals surface area contributed by atoms with E-state index in [9.17, 15) is 4.79 Å². The summed E-state index contributed by atoms with van der Waals surface area (Å²) in [6.07, 6.45) is 1.53. The standard InChI is InChI=1S/C19H17N3O5/c1-24-14-11-15(25-2)22-19(21-14)27-17-16(18(23)26-3)13(9-10-20-17)12-7-5-4-6-8-12/h4-11H,1-3H3. The van der Waals surface area contributed by atoms with Crippen molar-refractivity contribution >= 4 is 5.97 Å². The number of ether oxygens (including phenoxy) is 4. The van der Waals surface area contributed by atoms with Crippen LogP contribution in [-0.4, -0.2) is 42.3 Å². The molecule has 0 fully saturated rings. The highest BCUT2D eigenvalue weighted by Gasteiger charge is 2.22. The molecular formula is C19H17N3O5. The zero-order chi connectivity index (χ0) is 19.2. The van der Waals surface area contributed by atoms with Crippen LogP contribution in [0.4, 0.5) is 0 Å². The molecule has 3 rings (SSSR count). The number of carbonyl (C=O) groups is 1. The molecule has 0 bridgehead atoms. The summed E-state index contributed by atoms with van der Waals surface area (Å²) in [6.45, 7) is 0. The first-order chi connectivity index (χ1) is 13.2. The first-order valence-electron chi connectivity index (χ1n) is 7.94. The molecular weight excluding hydrogens is 350 g/mol. The Morgan fingerprint density at radius 2 is 1.59 bits per heavy atom. The molecule has 0 saturated carbocycles. The van der Waals surface area contributed by atoms with Crippen molar-refractivity contribution in [2.75, 3.05) is 21.3 Å². The molecule has 138 valence electrons. The van der Waals surface area contributed by atoms with Gasteiger partial charge in [-0.2, -0.15) is 9.97 Å². The predicted octanol–water partition coefficient (Wildman–Crippen LogP) is 3.13. The van der Waals surface area contributed by atoms with Gasteiger partial charge in [0.25, 0.3) is 0 Å². The van der Waals surface area contributed by atoms with E-state index >= 15 is 0 Å². The van der Waals surface area contributed by atoms with Crippen molar-refractivity contribution in [2.24, 2.45) is 0 Å². The highest BCUT2D eigenvalue weighted by Crippen LogP contribution is 2.32. The van der Waals surface area contributed by atoms with Gasteiger partial charge in [-0.15, -0.1) is 0 Å². The fraction of sp³-hybridized carbons (Fsp3) is 0.158. The second-order valence-corrected chi connectivity index (χ2v) is 5.23. The van der Waals surface area contributed by atoms with Gasteiger partial charge in [0.05, 0.1) is 27.4 Å². The highest BCUT2D eigenvalue weighted by molar-refractivity contribution is 5.99. The maximum Gasteiger partial charge on any atom is 0.344 e. The summed E-state index contributed by atoms with van der Waals surface area (Å²) in [5, 5.41) is 0. The van der Waals surface area contributed by atoms with Gasteiger partial charge in [0.15, 0.2) is 0 Å². The minimum atomic E-state index is -0.591. The van der Waals surface area contributed by atoms with Crippen molar-refractivity contribution in [1.29, 1.82) is 0 Å². The number of aromatic nitrogens is 3. The predicted molar refractivity (Wildman–Crippen MR) is 96.2 cm³/mol. The maximum atomic E-state index is 12.4. The smallest absolute Gasteiger partial charge is 0.344 e. The average molecular weight is 367 g/mol. The third kappa shape index (κ3) is 3.95. The van der Waals surface area contributed by atoms with Crippen LogP contribution in [0.2, 0.25) is 0 Å². The van der Waals surface area contributed by atoms with E-state index in [1.807, 2.05) is 30.3 Å². The number of nitrogens with zero attached hydrogens (tertiary/aromatic N) is 3. The van der Waals surface area contributed by atoms with Gasteiger partial charge in [-0.1, -0.05) is 30.3 Å². The summed E-state index contributed by atoms with van der Waals surface area (Å²) in [4.78, 5) is 24.8. The van der Waals surface area contributed by atoms with E-state index in [2.05, 4.69) is 15.0 Å². The molecule has 8 heteroatoms. The Morgan fingerprint density at radius 3 is 2.19 bits per heavy atom. The molecule has 3 aromatic rings. The monoisotopic (exact) mass is 367 g/mol. The van der Waals surface area contributed by atoms with Crippen LogP contribution in [0.25, 0.3) is 11.1 Å². The van der Waals surface area contributed by atoms with Gasteiger partial charge in [-0.3, -0.25) is 0 Å². The van der Waals surface area contributed by atoms with Crippen LogP contribution in [0.5, 0.6) is 23.7 Å². The summed E-state index contributed by atoms with van der Waals surface area (Å²) in [5.41, 5.74) is 1.59. The number of rotatable bonds is 6. The fourth-order valence-corrected chi connectivity index (χ4v) is 2.40. The third-order valence-corrected chi connectivity index (χ3v) is 3.66. The van der Waals surface area contributed by atoms with Crippen molar-refractivity contribution in [3.63, 3.8) is 0 Å². The number of pyridine rings is 1. The van der Waals surface area contributed by atoms with Gasteiger partial charge in [0.1, 0.15) is 5.56 Å². The van der Waals surface area contributed by atoms with Crippen molar-refractivity contribution in [3.8, 4) is 34.8 Å². The third-order valence-electron chi connectivity index (χ3n) is 3.66. The first-order valence-corrected chi connectivity index (χ1v) is 7.94. The molecule has 0 N–H and O–H groups in total. The second-order valence-electron chi connectivity index (χ2n) is 5.23. The lowest BCUT2D eigenvalue weighted by atomic mass is 10.0. The Labute approximate surface area is 155 Å². The normalized spacial score (nSPS) is 10.2. The minimum absolute atomic E-state index is 0.0125. The lowest BCUT2D eigenvalue weighted by Gasteiger charge is -2.13. The van der Waals surface area contributed by atoms with Crippen LogP contribution >= 0.6 is 0 Å². The SMILES string of the molecule is COC(=O)c1c(-c2ccccc2)ccnc1Oc1nc(OC)cc(OC)n1. The average Bonchev–Trinajstić information content (AvgIpc) is 2.73. The number of methoxy groups -OCH3 is 3. The molecule has 0 spiro atoms. The number of hydrogen-bond acceptors (Lipinski definition) is 8. The molecule has 8 nitrogen and oxygen atoms in total. The van der Waals surface area contributed by atoms with E-state index in [1.165, 1.54) is 33.6 Å². The molecule has 0 atom stereocenters. The van der Waals surface area contributed by atoms with E-state index < -0.39 is 5.97 Å². The van der Waals surface area contributed by atoms with Gasteiger partial charge in [-0.25, -0.2) is 9.78 Å². The van der Waals surface area contributed by atoms with Crippen LogP contribution in [0.15, 0.2) is 48.7 Å². The Hall–Kier alpha value is -3.68. The number of carbonyl (C=O) groups excluding carboxylic acids is 1. The summed E-state index contributed by atoms with van der Waals surface area (Å²) in [5.74, 6) is -0.0864. The molecule has 0 aliphatic carbocycles. The van der Waals surface area contributed by atoms with Gasteiger partial charge in [-0.05, 0) is 11.6 Å². The van der Waals surface area contributed by atoms with Crippen molar-refractivity contribution in [3.05, 3.63) is 54.2 Å². The number of hydrogen-bond donors (Lipinski definition) is 0. The molecule has 0 unspecified atom stereocenters. The van der Waals surface area contributed by atoms with Crippen LogP contribution in [0.1, 0.15) is 10.4 Å². The Morgan fingerprint density at radius 1 is 0.926 bits per heavy atom. The van der Waals surface area contributed by atoms with Gasteiger partial charge < -0.3 is 18.9 Å². The molecule has 0 aliphatic rings. The molecule has 27 heavy (non-hydrogen) atoms. The highest BCUT2D eigenvalue weighted by atomic mass is 16.5. The molecule has 0 aliphatic heterocycles. The fourth-order valence-electron chi connectivity index (χ4n) is 2.40. The second kappa shape index (κ2) is 8.13. The lowest BCUT2D eigenvalue weighted by molar-refractivity contribution is 0.0598. The summed E-state index contributed by atoms with van der Waals surface area (Å²) < 4.78 is 20.8. The molecule has 2 aromatic heterocycles. The minimum Gasteiger partial charge on any atom is -0.481 e. The number of esters is 1. The quantitative estimate of drug-likeness (QED) is 0.614. The first kappa shape index (κ1) is 18.1. The van der Waals surface area contributed by atoms with E-state index in [0.717, 1.165) is 5.56 Å². The molecule has 2 heterocycles. The molecule has 0 amide bonds. The summed E-state index contributed by atoms with van der Waals surface area (Å²) >= 11 is 0. The molecule has 0 saturated heterocycles. The zero-order valence-electron chi connectivity index (χ0n) is 15.0. The Balaban J connectivity index is 2.10. The van der Waals surface area contributed by atoms with Crippen LogP contribution in [0.3, 0.4) is 0 Å². The Bertz CT molecular complexity index is 925. The van der Waals surface area contributed by atoms with E-state index in [4.69, 9.17) is 18.9 Å². The van der Waals surface area contributed by atoms with Crippen molar-refractivity contribution in [2.45, 2.75) is 0 Å². The van der Waals surface area contributed by atoms with E-state index in [1.54, 1.807) is 6.07 Å². The van der Waals surface area contributed by atoms with Crippen molar-refractivity contribution < 1.29 is 23.7 Å². The number of benzene rings is 1. The topological polar surface area (TPSA) is 92.7 Å². The lowest BCUT2D eigenvalue weighted by Crippen LogP contribution is -2.08. The van der Waals surface area contributed by atoms with Crippen LogP contribution < -0.4 is 14.2 Å². The summed E-state index contributed by atoms with van der Waals surface area (Å²) in [6, 6.07) is 12.5. The summed E-state index contributed by atoms with van der Waals surface area (Å²) in [7, 11) is 4.21. The Kier molecular flexibility index (Phi) is 5.46. The van der Waals surface area contributed by atoms with E-state index in [-0.39, 0.29) is 29.2 Å². The van der Waals surface area contributed by atoms with Crippen LogP contribution in [0, 0.1) is 0 Å². The van der Waals surface area contributed by atoms with Crippen molar-refractivity contribution in [1.82, 2.24) is 15.0 Å². The van der Waals surface area contributed by atoms with E-state index in [0.29, 0.717) is 5.56 Å². The van der Waals surface area contributed by atoms with Gasteiger partial charge in [0.2, 0.25) is 17.6 Å².